The van der Waals surface area contributed by atoms with Gasteiger partial charge >= 0.3 is 5.97 Å². The van der Waals surface area contributed by atoms with Gasteiger partial charge in [-0.15, -0.1) is 0 Å². The first-order chi connectivity index (χ1) is 13.9. The number of Topliss-reactive ketones (excluding diaryl/α,β-unsaturated/α-hetero) is 1. The normalized spacial score (nSPS) is 12.2. The fourth-order valence-electron chi connectivity index (χ4n) is 2.92. The van der Waals surface area contributed by atoms with Gasteiger partial charge in [0.1, 0.15) is 13.2 Å². The second kappa shape index (κ2) is 9.23. The molecule has 0 aliphatic carbocycles. The Morgan fingerprint density at radius 2 is 1.72 bits per heavy atom. The molecule has 0 fully saturated rings. The van der Waals surface area contributed by atoms with Crippen molar-refractivity contribution in [3.63, 3.8) is 0 Å². The lowest BCUT2D eigenvalue weighted by Gasteiger charge is -2.19. The van der Waals surface area contributed by atoms with Crippen LogP contribution < -0.4 is 14.8 Å². The molecule has 0 unspecified atom stereocenters. The Labute approximate surface area is 169 Å². The molecule has 1 N–H and O–H groups in total. The van der Waals surface area contributed by atoms with E-state index in [0.29, 0.717) is 36.0 Å². The third-order valence-corrected chi connectivity index (χ3v) is 4.44. The van der Waals surface area contributed by atoms with Crippen molar-refractivity contribution in [1.82, 2.24) is 0 Å². The summed E-state index contributed by atoms with van der Waals surface area (Å²) in [5, 5.41) is 2.63. The van der Waals surface area contributed by atoms with E-state index in [1.54, 1.807) is 18.2 Å². The summed E-state index contributed by atoms with van der Waals surface area (Å²) in [7, 11) is 0. The summed E-state index contributed by atoms with van der Waals surface area (Å²) in [6.45, 7) is 4.27. The molecule has 1 heterocycles. The Hall–Kier alpha value is -3.35. The smallest absolute Gasteiger partial charge is 0.306 e. The van der Waals surface area contributed by atoms with Crippen LogP contribution in [0.1, 0.15) is 34.3 Å². The molecule has 29 heavy (non-hydrogen) atoms. The molecule has 152 valence electrons. The minimum Gasteiger partial charge on any atom is -0.486 e. The number of rotatable bonds is 7. The molecule has 2 aromatic carbocycles. The molecule has 0 saturated carbocycles. The molecule has 3 rings (SSSR count). The second-order valence-corrected chi connectivity index (χ2v) is 6.81. The SMILES string of the molecule is Cc1ccc(C)c(C(=O)CCC(=O)OCC(=O)Nc2ccc3c(c2)OCCO3)c1. The molecule has 0 radical (unpaired) electrons. The van der Waals surface area contributed by atoms with E-state index in [1.165, 1.54) is 0 Å². The molecule has 7 heteroatoms. The quantitative estimate of drug-likeness (QED) is 0.570. The first-order valence-electron chi connectivity index (χ1n) is 9.38. The van der Waals surface area contributed by atoms with Crippen LogP contribution in [0.5, 0.6) is 11.5 Å². The Balaban J connectivity index is 1.43. The van der Waals surface area contributed by atoms with Gasteiger partial charge in [0.15, 0.2) is 23.9 Å². The van der Waals surface area contributed by atoms with Gasteiger partial charge in [0.05, 0.1) is 6.42 Å². The lowest BCUT2D eigenvalue weighted by atomic mass is 9.99. The maximum Gasteiger partial charge on any atom is 0.306 e. The van der Waals surface area contributed by atoms with E-state index in [1.807, 2.05) is 32.0 Å². The van der Waals surface area contributed by atoms with Crippen LogP contribution in [0.15, 0.2) is 36.4 Å². The predicted molar refractivity (Wildman–Crippen MR) is 107 cm³/mol. The molecular weight excluding hydrogens is 374 g/mol. The summed E-state index contributed by atoms with van der Waals surface area (Å²) in [6, 6.07) is 10.6. The van der Waals surface area contributed by atoms with Crippen LogP contribution in [-0.2, 0) is 14.3 Å². The van der Waals surface area contributed by atoms with E-state index in [2.05, 4.69) is 5.32 Å². The van der Waals surface area contributed by atoms with Crippen molar-refractivity contribution in [3.8, 4) is 11.5 Å². The minimum absolute atomic E-state index is 0.0346. The van der Waals surface area contributed by atoms with Gasteiger partial charge < -0.3 is 19.5 Å². The van der Waals surface area contributed by atoms with Gasteiger partial charge in [-0.25, -0.2) is 0 Å². The lowest BCUT2D eigenvalue weighted by molar-refractivity contribution is -0.147. The lowest BCUT2D eigenvalue weighted by Crippen LogP contribution is -2.21. The van der Waals surface area contributed by atoms with Crippen molar-refractivity contribution in [3.05, 3.63) is 53.1 Å². The fraction of sp³-hybridized carbons (Fsp3) is 0.318. The average molecular weight is 397 g/mol. The molecule has 0 aromatic heterocycles. The first-order valence-corrected chi connectivity index (χ1v) is 9.38. The van der Waals surface area contributed by atoms with Crippen molar-refractivity contribution in [2.45, 2.75) is 26.7 Å². The number of anilines is 1. The van der Waals surface area contributed by atoms with Crippen LogP contribution in [-0.4, -0.2) is 37.5 Å². The van der Waals surface area contributed by atoms with Gasteiger partial charge in [-0.3, -0.25) is 14.4 Å². The zero-order valence-corrected chi connectivity index (χ0v) is 16.4. The van der Waals surface area contributed by atoms with Crippen LogP contribution in [0, 0.1) is 13.8 Å². The molecule has 1 aliphatic rings. The summed E-state index contributed by atoms with van der Waals surface area (Å²) in [5.74, 6) is -0.0223. The number of ether oxygens (including phenoxy) is 3. The summed E-state index contributed by atoms with van der Waals surface area (Å²) in [6.07, 6.45) is -0.0452. The van der Waals surface area contributed by atoms with Crippen LogP contribution in [0.4, 0.5) is 5.69 Å². The zero-order valence-electron chi connectivity index (χ0n) is 16.4. The number of amides is 1. The number of esters is 1. The highest BCUT2D eigenvalue weighted by Crippen LogP contribution is 2.32. The van der Waals surface area contributed by atoms with Gasteiger partial charge in [0.25, 0.3) is 5.91 Å². The number of nitrogens with one attached hydrogen (secondary N) is 1. The minimum atomic E-state index is -0.596. The van der Waals surface area contributed by atoms with Crippen LogP contribution in [0.3, 0.4) is 0 Å². The van der Waals surface area contributed by atoms with E-state index >= 15 is 0 Å². The number of fused-ring (bicyclic) bond motifs is 1. The highest BCUT2D eigenvalue weighted by atomic mass is 16.6. The second-order valence-electron chi connectivity index (χ2n) is 6.81. The first kappa shape index (κ1) is 20.4. The molecule has 0 saturated heterocycles. The zero-order chi connectivity index (χ0) is 20.8. The maximum absolute atomic E-state index is 12.3. The summed E-state index contributed by atoms with van der Waals surface area (Å²) in [4.78, 5) is 36.2. The third-order valence-electron chi connectivity index (χ3n) is 4.44. The number of hydrogen-bond acceptors (Lipinski definition) is 6. The predicted octanol–water partition coefficient (Wildman–Crippen LogP) is 3.22. The Morgan fingerprint density at radius 1 is 0.966 bits per heavy atom. The molecule has 7 nitrogen and oxygen atoms in total. The van der Waals surface area contributed by atoms with Crippen LogP contribution in [0.2, 0.25) is 0 Å². The topological polar surface area (TPSA) is 90.9 Å². The Morgan fingerprint density at radius 3 is 2.52 bits per heavy atom. The number of benzene rings is 2. The van der Waals surface area contributed by atoms with Crippen LogP contribution >= 0.6 is 0 Å². The van der Waals surface area contributed by atoms with Crippen molar-refractivity contribution in [2.24, 2.45) is 0 Å². The summed E-state index contributed by atoms with van der Waals surface area (Å²) >= 11 is 0. The highest BCUT2D eigenvalue weighted by molar-refractivity contribution is 5.99. The number of hydrogen-bond donors (Lipinski definition) is 1. The number of aryl methyl sites for hydroxylation is 2. The largest absolute Gasteiger partial charge is 0.486 e. The van der Waals surface area contributed by atoms with Crippen molar-refractivity contribution in [1.29, 1.82) is 0 Å². The maximum atomic E-state index is 12.3. The van der Waals surface area contributed by atoms with E-state index in [0.717, 1.165) is 11.1 Å². The molecule has 0 atom stereocenters. The number of ketones is 1. The number of carbonyl (C=O) groups is 3. The van der Waals surface area contributed by atoms with Gasteiger partial charge in [0, 0.05) is 23.7 Å². The van der Waals surface area contributed by atoms with Crippen molar-refractivity contribution in [2.75, 3.05) is 25.1 Å². The van der Waals surface area contributed by atoms with Crippen molar-refractivity contribution < 1.29 is 28.6 Å². The van der Waals surface area contributed by atoms with Gasteiger partial charge in [0.2, 0.25) is 0 Å². The van der Waals surface area contributed by atoms with Gasteiger partial charge in [-0.2, -0.15) is 0 Å². The monoisotopic (exact) mass is 397 g/mol. The molecule has 0 bridgehead atoms. The molecule has 2 aromatic rings. The highest BCUT2D eigenvalue weighted by Gasteiger charge is 2.15. The molecule has 1 aliphatic heterocycles. The third kappa shape index (κ3) is 5.57. The van der Waals surface area contributed by atoms with Gasteiger partial charge in [-0.1, -0.05) is 17.7 Å². The van der Waals surface area contributed by atoms with Crippen LogP contribution in [0.25, 0.3) is 0 Å². The summed E-state index contributed by atoms with van der Waals surface area (Å²) in [5.41, 5.74) is 2.97. The number of carbonyl (C=O) groups excluding carboxylic acids is 3. The van der Waals surface area contributed by atoms with Gasteiger partial charge in [-0.05, 0) is 37.6 Å². The van der Waals surface area contributed by atoms with E-state index in [9.17, 15) is 14.4 Å². The van der Waals surface area contributed by atoms with E-state index in [4.69, 9.17) is 14.2 Å². The Bertz CT molecular complexity index is 937. The van der Waals surface area contributed by atoms with Crippen molar-refractivity contribution >= 4 is 23.3 Å². The molecule has 1 amide bonds. The standard InChI is InChI=1S/C22H23NO6/c1-14-3-4-15(2)17(11-14)18(24)6-8-22(26)29-13-21(25)23-16-5-7-19-20(12-16)28-10-9-27-19/h3-5,7,11-12H,6,8-10,13H2,1-2H3,(H,23,25). The average Bonchev–Trinajstić information content (AvgIpc) is 2.72. The Kier molecular flexibility index (Phi) is 6.49. The summed E-state index contributed by atoms with van der Waals surface area (Å²) < 4.78 is 15.8. The molecule has 0 spiro atoms. The fourth-order valence-corrected chi connectivity index (χ4v) is 2.92. The van der Waals surface area contributed by atoms with E-state index < -0.39 is 18.5 Å². The molecular formula is C22H23NO6. The van der Waals surface area contributed by atoms with E-state index in [-0.39, 0.29) is 18.6 Å².